The molecule has 7 nitrogen and oxygen atoms in total. The van der Waals surface area contributed by atoms with E-state index in [0.29, 0.717) is 23.7 Å². The van der Waals surface area contributed by atoms with E-state index >= 15 is 0 Å². The lowest BCUT2D eigenvalue weighted by molar-refractivity contribution is 0.0666. The maximum absolute atomic E-state index is 13.3. The highest BCUT2D eigenvalue weighted by atomic mass is 16.5. The van der Waals surface area contributed by atoms with Gasteiger partial charge in [0.1, 0.15) is 5.75 Å². The summed E-state index contributed by atoms with van der Waals surface area (Å²) in [6.45, 7) is 0.691. The summed E-state index contributed by atoms with van der Waals surface area (Å²) in [5, 5.41) is 8.60. The third-order valence-electron chi connectivity index (χ3n) is 5.19. The SMILES string of the molecule is COc1ccccc1-c1cc(C(=O)N2CCCCCC2c2ccn(C)n2)no1. The highest BCUT2D eigenvalue weighted by molar-refractivity contribution is 5.93. The summed E-state index contributed by atoms with van der Waals surface area (Å²) in [7, 11) is 3.50. The fraction of sp³-hybridized carbons (Fsp3) is 0.381. The smallest absolute Gasteiger partial charge is 0.276 e. The second-order valence-corrected chi connectivity index (χ2v) is 7.05. The molecule has 1 amide bonds. The lowest BCUT2D eigenvalue weighted by atomic mass is 10.1. The first-order chi connectivity index (χ1) is 13.7. The molecule has 3 aromatic rings. The molecule has 4 rings (SSSR count). The first-order valence-corrected chi connectivity index (χ1v) is 9.58. The van der Waals surface area contributed by atoms with Crippen LogP contribution in [0.3, 0.4) is 0 Å². The Balaban J connectivity index is 1.63. The minimum Gasteiger partial charge on any atom is -0.496 e. The van der Waals surface area contributed by atoms with Crippen LogP contribution in [-0.2, 0) is 7.05 Å². The Morgan fingerprint density at radius 2 is 2.07 bits per heavy atom. The second-order valence-electron chi connectivity index (χ2n) is 7.05. The van der Waals surface area contributed by atoms with Crippen LogP contribution in [0.15, 0.2) is 47.1 Å². The maximum atomic E-state index is 13.3. The monoisotopic (exact) mass is 380 g/mol. The molecular formula is C21H24N4O3. The zero-order valence-electron chi connectivity index (χ0n) is 16.2. The molecule has 0 bridgehead atoms. The normalized spacial score (nSPS) is 17.4. The van der Waals surface area contributed by atoms with Crippen molar-refractivity contribution < 1.29 is 14.1 Å². The Hall–Kier alpha value is -3.09. The van der Waals surface area contributed by atoms with Gasteiger partial charge in [-0.2, -0.15) is 5.10 Å². The van der Waals surface area contributed by atoms with E-state index in [4.69, 9.17) is 9.26 Å². The molecule has 3 heterocycles. The minimum atomic E-state index is -0.123. The van der Waals surface area contributed by atoms with Gasteiger partial charge in [0.15, 0.2) is 11.5 Å². The van der Waals surface area contributed by atoms with Crippen molar-refractivity contribution in [3.63, 3.8) is 0 Å². The van der Waals surface area contributed by atoms with E-state index < -0.39 is 0 Å². The molecule has 1 atom stereocenters. The molecule has 1 aliphatic heterocycles. The number of benzene rings is 1. The minimum absolute atomic E-state index is 0.0392. The van der Waals surface area contributed by atoms with Crippen LogP contribution in [0.1, 0.15) is 47.9 Å². The first kappa shape index (κ1) is 18.3. The van der Waals surface area contributed by atoms with Crippen molar-refractivity contribution in [2.24, 2.45) is 7.05 Å². The number of rotatable bonds is 4. The van der Waals surface area contributed by atoms with Gasteiger partial charge in [-0.05, 0) is 31.0 Å². The molecule has 0 saturated carbocycles. The third-order valence-corrected chi connectivity index (χ3v) is 5.19. The number of amides is 1. The van der Waals surface area contributed by atoms with Gasteiger partial charge in [-0.25, -0.2) is 0 Å². The molecule has 1 fully saturated rings. The topological polar surface area (TPSA) is 73.4 Å². The van der Waals surface area contributed by atoms with Crippen LogP contribution in [0.2, 0.25) is 0 Å². The van der Waals surface area contributed by atoms with Crippen LogP contribution in [0.25, 0.3) is 11.3 Å². The van der Waals surface area contributed by atoms with Gasteiger partial charge >= 0.3 is 0 Å². The number of methoxy groups -OCH3 is 1. The average molecular weight is 380 g/mol. The van der Waals surface area contributed by atoms with Gasteiger partial charge in [0, 0.05) is 25.9 Å². The van der Waals surface area contributed by atoms with Gasteiger partial charge in [0.25, 0.3) is 5.91 Å². The summed E-state index contributed by atoms with van der Waals surface area (Å²) in [5.74, 6) is 1.08. The number of hydrogen-bond donors (Lipinski definition) is 0. The Bertz CT molecular complexity index is 962. The fourth-order valence-corrected chi connectivity index (χ4v) is 3.77. The number of carbonyl (C=O) groups is 1. The van der Waals surface area contributed by atoms with E-state index in [0.717, 1.165) is 36.9 Å². The zero-order chi connectivity index (χ0) is 19.5. The molecular weight excluding hydrogens is 356 g/mol. The molecule has 0 spiro atoms. The van der Waals surface area contributed by atoms with Crippen LogP contribution in [0.5, 0.6) is 5.75 Å². The number of carbonyl (C=O) groups excluding carboxylic acids is 1. The molecule has 1 saturated heterocycles. The van der Waals surface area contributed by atoms with Gasteiger partial charge in [0.05, 0.1) is 24.4 Å². The van der Waals surface area contributed by atoms with Crippen LogP contribution >= 0.6 is 0 Å². The zero-order valence-corrected chi connectivity index (χ0v) is 16.2. The van der Waals surface area contributed by atoms with E-state index in [1.807, 2.05) is 48.5 Å². The second kappa shape index (κ2) is 7.88. The first-order valence-electron chi connectivity index (χ1n) is 9.58. The number of nitrogens with zero attached hydrogens (tertiary/aromatic N) is 4. The Labute approximate surface area is 163 Å². The fourth-order valence-electron chi connectivity index (χ4n) is 3.77. The van der Waals surface area contributed by atoms with Gasteiger partial charge in [-0.1, -0.05) is 30.1 Å². The molecule has 28 heavy (non-hydrogen) atoms. The van der Waals surface area contributed by atoms with E-state index in [-0.39, 0.29) is 11.9 Å². The molecule has 1 unspecified atom stereocenters. The molecule has 0 aliphatic carbocycles. The van der Waals surface area contributed by atoms with Crippen molar-refractivity contribution in [1.29, 1.82) is 0 Å². The third kappa shape index (κ3) is 3.52. The summed E-state index contributed by atoms with van der Waals surface area (Å²) >= 11 is 0. The highest BCUT2D eigenvalue weighted by Crippen LogP contribution is 2.33. The van der Waals surface area contributed by atoms with Gasteiger partial charge < -0.3 is 14.2 Å². The lowest BCUT2D eigenvalue weighted by Gasteiger charge is -2.28. The molecule has 1 aliphatic rings. The molecule has 2 aromatic heterocycles. The van der Waals surface area contributed by atoms with Crippen molar-refractivity contribution in [2.45, 2.75) is 31.7 Å². The number of likely N-dealkylation sites (tertiary alicyclic amines) is 1. The summed E-state index contributed by atoms with van der Waals surface area (Å²) in [6, 6.07) is 11.2. The van der Waals surface area contributed by atoms with Crippen LogP contribution in [0.4, 0.5) is 0 Å². The maximum Gasteiger partial charge on any atom is 0.276 e. The molecule has 7 heteroatoms. The van der Waals surface area contributed by atoms with Gasteiger partial charge in [-0.15, -0.1) is 0 Å². The summed E-state index contributed by atoms with van der Waals surface area (Å²) < 4.78 is 12.6. The van der Waals surface area contributed by atoms with E-state index in [9.17, 15) is 4.79 Å². The summed E-state index contributed by atoms with van der Waals surface area (Å²) in [4.78, 5) is 15.2. The van der Waals surface area contributed by atoms with Crippen molar-refractivity contribution in [3.05, 3.63) is 54.0 Å². The largest absolute Gasteiger partial charge is 0.496 e. The van der Waals surface area contributed by atoms with Gasteiger partial charge in [-0.3, -0.25) is 9.48 Å². The van der Waals surface area contributed by atoms with Crippen molar-refractivity contribution in [2.75, 3.05) is 13.7 Å². The van der Waals surface area contributed by atoms with Crippen molar-refractivity contribution >= 4 is 5.91 Å². The predicted octanol–water partition coefficient (Wildman–Crippen LogP) is 3.84. The quantitative estimate of drug-likeness (QED) is 0.687. The van der Waals surface area contributed by atoms with Crippen molar-refractivity contribution in [1.82, 2.24) is 19.8 Å². The molecule has 1 aromatic carbocycles. The predicted molar refractivity (Wildman–Crippen MR) is 104 cm³/mol. The molecule has 0 N–H and O–H groups in total. The number of aromatic nitrogens is 3. The number of ether oxygens (including phenoxy) is 1. The molecule has 0 radical (unpaired) electrons. The number of para-hydroxylation sites is 1. The van der Waals surface area contributed by atoms with Crippen molar-refractivity contribution in [3.8, 4) is 17.1 Å². The van der Waals surface area contributed by atoms with Crippen LogP contribution < -0.4 is 4.74 Å². The van der Waals surface area contributed by atoms with E-state index in [2.05, 4.69) is 10.3 Å². The van der Waals surface area contributed by atoms with Crippen LogP contribution in [-0.4, -0.2) is 39.4 Å². The lowest BCUT2D eigenvalue weighted by Crippen LogP contribution is -2.35. The number of aryl methyl sites for hydroxylation is 1. The van der Waals surface area contributed by atoms with E-state index in [1.165, 1.54) is 0 Å². The average Bonchev–Trinajstić information content (AvgIpc) is 3.31. The summed E-state index contributed by atoms with van der Waals surface area (Å²) in [5.41, 5.74) is 2.00. The number of hydrogen-bond acceptors (Lipinski definition) is 5. The van der Waals surface area contributed by atoms with Crippen LogP contribution in [0, 0.1) is 0 Å². The van der Waals surface area contributed by atoms with Gasteiger partial charge in [0.2, 0.25) is 0 Å². The highest BCUT2D eigenvalue weighted by Gasteiger charge is 2.31. The Morgan fingerprint density at radius 3 is 2.86 bits per heavy atom. The standard InChI is InChI=1S/C21H24N4O3/c1-24-13-11-16(22-24)18-9-4-3-7-12-25(18)21(26)17-14-20(28-23-17)15-8-5-6-10-19(15)27-2/h5-6,8,10-11,13-14,18H,3-4,7,9,12H2,1-2H3. The van der Waals surface area contributed by atoms with E-state index in [1.54, 1.807) is 17.9 Å². The summed E-state index contributed by atoms with van der Waals surface area (Å²) in [6.07, 6.45) is 5.99. The molecule has 146 valence electrons. The Morgan fingerprint density at radius 1 is 1.21 bits per heavy atom. The Kier molecular flexibility index (Phi) is 5.14.